The van der Waals surface area contributed by atoms with E-state index in [1.807, 2.05) is 28.8 Å². The molecule has 2 aromatic rings. The zero-order valence-electron chi connectivity index (χ0n) is 9.69. The smallest absolute Gasteiger partial charge is 0.326 e. The summed E-state index contributed by atoms with van der Waals surface area (Å²) in [5.74, 6) is 0.459. The third-order valence-corrected chi connectivity index (χ3v) is 3.38. The third kappa shape index (κ3) is 2.00. The molecule has 1 aromatic heterocycles. The van der Waals surface area contributed by atoms with E-state index in [0.717, 1.165) is 43.6 Å². The Hall–Kier alpha value is -1.55. The molecule has 17 heavy (non-hydrogen) atoms. The molecule has 0 spiro atoms. The van der Waals surface area contributed by atoms with Crippen molar-refractivity contribution in [3.63, 3.8) is 0 Å². The Kier molecular flexibility index (Phi) is 2.73. The zero-order valence-corrected chi connectivity index (χ0v) is 9.69. The SMILES string of the molecule is O=c1[nH]c2ccccc2n1CC1CCCOC1. The molecule has 1 atom stereocenters. The Morgan fingerprint density at radius 3 is 3.12 bits per heavy atom. The van der Waals surface area contributed by atoms with E-state index in [4.69, 9.17) is 4.74 Å². The van der Waals surface area contributed by atoms with Gasteiger partial charge in [0, 0.05) is 19.1 Å². The maximum Gasteiger partial charge on any atom is 0.326 e. The van der Waals surface area contributed by atoms with Gasteiger partial charge in [0.25, 0.3) is 0 Å². The zero-order chi connectivity index (χ0) is 11.7. The van der Waals surface area contributed by atoms with E-state index in [9.17, 15) is 4.79 Å². The lowest BCUT2D eigenvalue weighted by atomic mass is 10.0. The molecular weight excluding hydrogens is 216 g/mol. The number of nitrogens with one attached hydrogen (secondary N) is 1. The minimum Gasteiger partial charge on any atom is -0.381 e. The number of hydrogen-bond acceptors (Lipinski definition) is 2. The number of benzene rings is 1. The predicted molar refractivity (Wildman–Crippen MR) is 66.1 cm³/mol. The van der Waals surface area contributed by atoms with Crippen molar-refractivity contribution >= 4 is 11.0 Å². The van der Waals surface area contributed by atoms with E-state index in [1.165, 1.54) is 0 Å². The van der Waals surface area contributed by atoms with Crippen LogP contribution in [0.25, 0.3) is 11.0 Å². The van der Waals surface area contributed by atoms with Gasteiger partial charge in [-0.3, -0.25) is 4.57 Å². The van der Waals surface area contributed by atoms with E-state index in [1.54, 1.807) is 0 Å². The summed E-state index contributed by atoms with van der Waals surface area (Å²) in [4.78, 5) is 14.8. The van der Waals surface area contributed by atoms with Crippen LogP contribution < -0.4 is 5.69 Å². The van der Waals surface area contributed by atoms with Crippen LogP contribution >= 0.6 is 0 Å². The van der Waals surface area contributed by atoms with Crippen LogP contribution in [0.4, 0.5) is 0 Å². The average Bonchev–Trinajstić information content (AvgIpc) is 2.68. The van der Waals surface area contributed by atoms with Crippen LogP contribution in [0.15, 0.2) is 29.1 Å². The lowest BCUT2D eigenvalue weighted by molar-refractivity contribution is 0.0485. The van der Waals surface area contributed by atoms with Gasteiger partial charge in [-0.15, -0.1) is 0 Å². The lowest BCUT2D eigenvalue weighted by Crippen LogP contribution is -2.27. The largest absolute Gasteiger partial charge is 0.381 e. The van der Waals surface area contributed by atoms with E-state index < -0.39 is 0 Å². The lowest BCUT2D eigenvalue weighted by Gasteiger charge is -2.22. The first kappa shape index (κ1) is 10.6. The van der Waals surface area contributed by atoms with Crippen LogP contribution in [-0.2, 0) is 11.3 Å². The summed E-state index contributed by atoms with van der Waals surface area (Å²) in [5, 5.41) is 0. The normalized spacial score (nSPS) is 20.8. The number of ether oxygens (including phenoxy) is 1. The number of H-pyrrole nitrogens is 1. The minimum atomic E-state index is -0.0169. The van der Waals surface area contributed by atoms with Gasteiger partial charge < -0.3 is 9.72 Å². The molecule has 0 saturated carbocycles. The van der Waals surface area contributed by atoms with Gasteiger partial charge >= 0.3 is 5.69 Å². The van der Waals surface area contributed by atoms with Crippen LogP contribution in [0.3, 0.4) is 0 Å². The van der Waals surface area contributed by atoms with Gasteiger partial charge in [0.15, 0.2) is 0 Å². The molecule has 1 fully saturated rings. The third-order valence-electron chi connectivity index (χ3n) is 3.38. The van der Waals surface area contributed by atoms with Gasteiger partial charge in [0.2, 0.25) is 0 Å². The van der Waals surface area contributed by atoms with Gasteiger partial charge in [0.05, 0.1) is 17.6 Å². The Morgan fingerprint density at radius 2 is 2.29 bits per heavy atom. The Labute approximate surface area is 99.2 Å². The van der Waals surface area contributed by atoms with E-state index in [-0.39, 0.29) is 5.69 Å². The second-order valence-electron chi connectivity index (χ2n) is 4.64. The van der Waals surface area contributed by atoms with E-state index in [2.05, 4.69) is 4.98 Å². The molecule has 1 saturated heterocycles. The van der Waals surface area contributed by atoms with E-state index >= 15 is 0 Å². The van der Waals surface area contributed by atoms with Crippen molar-refractivity contribution in [3.05, 3.63) is 34.7 Å². The summed E-state index contributed by atoms with van der Waals surface area (Å²) < 4.78 is 7.29. The molecule has 4 nitrogen and oxygen atoms in total. The van der Waals surface area contributed by atoms with Crippen molar-refractivity contribution < 1.29 is 4.74 Å². The fourth-order valence-corrected chi connectivity index (χ4v) is 2.50. The molecule has 0 bridgehead atoms. The minimum absolute atomic E-state index is 0.0169. The Balaban J connectivity index is 1.93. The summed E-state index contributed by atoms with van der Waals surface area (Å²) >= 11 is 0. The summed E-state index contributed by atoms with van der Waals surface area (Å²) in [5.41, 5.74) is 1.88. The maximum absolute atomic E-state index is 11.9. The molecule has 1 unspecified atom stereocenters. The van der Waals surface area contributed by atoms with Gasteiger partial charge in [0.1, 0.15) is 0 Å². The molecular formula is C13H16N2O2. The molecule has 1 aromatic carbocycles. The number of rotatable bonds is 2. The summed E-state index contributed by atoms with van der Waals surface area (Å²) in [7, 11) is 0. The number of para-hydroxylation sites is 2. The summed E-state index contributed by atoms with van der Waals surface area (Å²) in [6.45, 7) is 2.38. The van der Waals surface area contributed by atoms with Gasteiger partial charge in [-0.2, -0.15) is 0 Å². The van der Waals surface area contributed by atoms with Crippen molar-refractivity contribution in [2.45, 2.75) is 19.4 Å². The highest BCUT2D eigenvalue weighted by Crippen LogP contribution is 2.17. The first-order valence-electron chi connectivity index (χ1n) is 6.10. The highest BCUT2D eigenvalue weighted by molar-refractivity contribution is 5.74. The second-order valence-corrected chi connectivity index (χ2v) is 4.64. The van der Waals surface area contributed by atoms with E-state index in [0.29, 0.717) is 5.92 Å². The Morgan fingerprint density at radius 1 is 1.41 bits per heavy atom. The summed E-state index contributed by atoms with van der Waals surface area (Å²) in [6.07, 6.45) is 2.24. The van der Waals surface area contributed by atoms with Crippen molar-refractivity contribution in [2.24, 2.45) is 5.92 Å². The predicted octanol–water partition coefficient (Wildman–Crippen LogP) is 1.76. The molecule has 1 aliphatic rings. The summed E-state index contributed by atoms with van der Waals surface area (Å²) in [6, 6.07) is 7.82. The molecule has 90 valence electrons. The van der Waals surface area contributed by atoms with Gasteiger partial charge in [-0.05, 0) is 25.0 Å². The number of fused-ring (bicyclic) bond motifs is 1. The average molecular weight is 232 g/mol. The van der Waals surface area contributed by atoms with Crippen molar-refractivity contribution in [1.29, 1.82) is 0 Å². The molecule has 3 rings (SSSR count). The molecule has 0 radical (unpaired) electrons. The molecule has 4 heteroatoms. The number of imidazole rings is 1. The maximum atomic E-state index is 11.9. The number of aromatic amines is 1. The number of aromatic nitrogens is 2. The number of hydrogen-bond donors (Lipinski definition) is 1. The Bertz CT molecular complexity index is 564. The van der Waals surface area contributed by atoms with Crippen molar-refractivity contribution in [3.8, 4) is 0 Å². The van der Waals surface area contributed by atoms with Crippen LogP contribution in [0.1, 0.15) is 12.8 Å². The quantitative estimate of drug-likeness (QED) is 0.857. The van der Waals surface area contributed by atoms with Crippen molar-refractivity contribution in [1.82, 2.24) is 9.55 Å². The molecule has 0 amide bonds. The van der Waals surface area contributed by atoms with Crippen LogP contribution in [0.5, 0.6) is 0 Å². The molecule has 0 aliphatic carbocycles. The topological polar surface area (TPSA) is 47.0 Å². The van der Waals surface area contributed by atoms with Crippen LogP contribution in [0, 0.1) is 5.92 Å². The fraction of sp³-hybridized carbons (Fsp3) is 0.462. The van der Waals surface area contributed by atoms with Gasteiger partial charge in [-0.1, -0.05) is 12.1 Å². The first-order chi connectivity index (χ1) is 8.34. The molecule has 2 heterocycles. The number of nitrogens with zero attached hydrogens (tertiary/aromatic N) is 1. The monoisotopic (exact) mass is 232 g/mol. The first-order valence-corrected chi connectivity index (χ1v) is 6.10. The van der Waals surface area contributed by atoms with Crippen molar-refractivity contribution in [2.75, 3.05) is 13.2 Å². The van der Waals surface area contributed by atoms with Gasteiger partial charge in [-0.25, -0.2) is 4.79 Å². The highest BCUT2D eigenvalue weighted by atomic mass is 16.5. The fourth-order valence-electron chi connectivity index (χ4n) is 2.50. The molecule has 1 N–H and O–H groups in total. The highest BCUT2D eigenvalue weighted by Gasteiger charge is 2.16. The molecule has 1 aliphatic heterocycles. The second kappa shape index (κ2) is 4.37. The van der Waals surface area contributed by atoms with Crippen LogP contribution in [0.2, 0.25) is 0 Å². The van der Waals surface area contributed by atoms with Crippen LogP contribution in [-0.4, -0.2) is 22.8 Å². The standard InChI is InChI=1S/C13H16N2O2/c16-13-14-11-5-1-2-6-12(11)15(13)8-10-4-3-7-17-9-10/h1-2,5-6,10H,3-4,7-9H2,(H,14,16).